The predicted octanol–water partition coefficient (Wildman–Crippen LogP) is 2.79. The molecule has 166 valence electrons. The fourth-order valence-corrected chi connectivity index (χ4v) is 4.34. The predicted molar refractivity (Wildman–Crippen MR) is 115 cm³/mol. The van der Waals surface area contributed by atoms with E-state index >= 15 is 0 Å². The second kappa shape index (κ2) is 9.96. The van der Waals surface area contributed by atoms with E-state index in [-0.39, 0.29) is 29.9 Å². The van der Waals surface area contributed by atoms with Crippen molar-refractivity contribution in [1.82, 2.24) is 9.74 Å². The minimum atomic E-state index is -0.793. The monoisotopic (exact) mass is 468 g/mol. The highest BCUT2D eigenvalue weighted by molar-refractivity contribution is 6.27. The highest BCUT2D eigenvalue weighted by Crippen LogP contribution is 2.37. The van der Waals surface area contributed by atoms with Gasteiger partial charge in [0.05, 0.1) is 18.2 Å². The molecule has 2 amide bonds. The Morgan fingerprint density at radius 1 is 1.10 bits per heavy atom. The number of carbonyl (C=O) groups excluding carboxylic acids is 2. The number of alkyl halides is 1. The Labute approximate surface area is 189 Å². The Kier molecular flexibility index (Phi) is 7.54. The summed E-state index contributed by atoms with van der Waals surface area (Å²) in [6, 6.07) is 11.3. The van der Waals surface area contributed by atoms with Crippen LogP contribution in [0.3, 0.4) is 0 Å². The van der Waals surface area contributed by atoms with Crippen molar-refractivity contribution < 1.29 is 24.2 Å². The Morgan fingerprint density at radius 2 is 1.77 bits per heavy atom. The molecular weight excluding hydrogens is 446 g/mol. The molecule has 0 radical (unpaired) electrons. The van der Waals surface area contributed by atoms with Crippen LogP contribution < -0.4 is 5.32 Å². The topological polar surface area (TPSA) is 89.9 Å². The molecule has 3 N–H and O–H groups in total. The lowest BCUT2D eigenvalue weighted by Gasteiger charge is -2.23. The molecule has 0 bridgehead atoms. The van der Waals surface area contributed by atoms with E-state index in [0.29, 0.717) is 17.5 Å². The van der Waals surface area contributed by atoms with Gasteiger partial charge in [-0.05, 0) is 28.3 Å². The van der Waals surface area contributed by atoms with E-state index in [9.17, 15) is 24.2 Å². The van der Waals surface area contributed by atoms with Crippen LogP contribution in [0.1, 0.15) is 41.3 Å². The lowest BCUT2D eigenvalue weighted by Crippen LogP contribution is -2.34. The molecule has 4 atom stereocenters. The van der Waals surface area contributed by atoms with Gasteiger partial charge in [-0.1, -0.05) is 36.4 Å². The van der Waals surface area contributed by atoms with E-state index < -0.39 is 24.3 Å². The van der Waals surface area contributed by atoms with E-state index in [4.69, 9.17) is 23.4 Å². The van der Waals surface area contributed by atoms with Gasteiger partial charge in [-0.2, -0.15) is 0 Å². The Balaban J connectivity index is 0.000000176. The zero-order valence-electron chi connectivity index (χ0n) is 16.8. The summed E-state index contributed by atoms with van der Waals surface area (Å²) < 4.78 is 14.5. The molecule has 2 aromatic carbocycles. The third kappa shape index (κ3) is 5.01. The number of aliphatic hydroxyl groups is 2. The molecule has 4 rings (SSSR count). The van der Waals surface area contributed by atoms with E-state index in [0.717, 1.165) is 15.5 Å². The van der Waals surface area contributed by atoms with Gasteiger partial charge in [0, 0.05) is 31.5 Å². The van der Waals surface area contributed by atoms with Crippen molar-refractivity contribution in [3.05, 3.63) is 70.5 Å². The summed E-state index contributed by atoms with van der Waals surface area (Å²) in [6.07, 6.45) is -0.630. The van der Waals surface area contributed by atoms with E-state index in [1.807, 2.05) is 24.3 Å². The number of fused-ring (bicyclic) bond motifs is 2. The highest BCUT2D eigenvalue weighted by Gasteiger charge is 2.36. The molecule has 0 aromatic heterocycles. The van der Waals surface area contributed by atoms with Crippen LogP contribution in [0.5, 0.6) is 0 Å². The van der Waals surface area contributed by atoms with Gasteiger partial charge in [0.1, 0.15) is 17.7 Å². The molecule has 0 fully saturated rings. The Morgan fingerprint density at radius 3 is 2.45 bits per heavy atom. The quantitative estimate of drug-likeness (QED) is 0.477. The minimum absolute atomic E-state index is 0.173. The van der Waals surface area contributed by atoms with Crippen molar-refractivity contribution in [3.8, 4) is 0 Å². The maximum Gasteiger partial charge on any atom is 0.235 e. The maximum absolute atomic E-state index is 13.4. The van der Waals surface area contributed by atoms with Crippen LogP contribution in [0.25, 0.3) is 0 Å². The fourth-order valence-electron chi connectivity index (χ4n) is 4.02. The molecule has 31 heavy (non-hydrogen) atoms. The number of benzene rings is 2. The minimum Gasteiger partial charge on any atom is -0.390 e. The molecule has 0 saturated heterocycles. The number of amides is 2. The smallest absolute Gasteiger partial charge is 0.235 e. The van der Waals surface area contributed by atoms with Gasteiger partial charge < -0.3 is 15.5 Å². The molecular formula is C22H23Cl2FN2O4. The van der Waals surface area contributed by atoms with Crippen molar-refractivity contribution in [2.75, 3.05) is 5.88 Å². The lowest BCUT2D eigenvalue weighted by molar-refractivity contribution is -0.127. The Bertz CT molecular complexity index is 974. The maximum atomic E-state index is 13.4. The number of nitrogens with one attached hydrogen (secondary N) is 1. The molecule has 0 heterocycles. The number of aliphatic hydroxyl groups excluding tert-OH is 2. The average Bonchev–Trinajstić information content (AvgIpc) is 3.24. The van der Waals surface area contributed by atoms with E-state index in [1.54, 1.807) is 12.1 Å². The van der Waals surface area contributed by atoms with Gasteiger partial charge in [0.25, 0.3) is 0 Å². The standard InChI is InChI=1S/C11H11ClFNO2.C11H12ClNO2/c12-5-10(16)14-11-6-2-1-3-8(13)7(6)4-9(11)15;1-7(14)13(12)11-9-5-3-2-4-8(9)6-10(11)15/h1-3,9,11,15H,4-5H2,(H,14,16);2-5,10-11,15H,6H2,1H3/t9-,11+;10-,11+/m11/s1. The Hall–Kier alpha value is -2.19. The largest absolute Gasteiger partial charge is 0.390 e. The van der Waals surface area contributed by atoms with E-state index in [2.05, 4.69) is 5.32 Å². The number of halogens is 3. The molecule has 6 nitrogen and oxygen atoms in total. The molecule has 9 heteroatoms. The van der Waals surface area contributed by atoms with Gasteiger partial charge in [0.15, 0.2) is 0 Å². The van der Waals surface area contributed by atoms with Crippen LogP contribution in [-0.2, 0) is 22.4 Å². The van der Waals surface area contributed by atoms with Crippen molar-refractivity contribution >= 4 is 35.2 Å². The fraction of sp³-hybridized carbons (Fsp3) is 0.364. The van der Waals surface area contributed by atoms with Crippen LogP contribution in [0.4, 0.5) is 4.39 Å². The summed E-state index contributed by atoms with van der Waals surface area (Å²) in [4.78, 5) is 22.3. The summed E-state index contributed by atoms with van der Waals surface area (Å²) in [6.45, 7) is 1.39. The number of hydrogen-bond acceptors (Lipinski definition) is 4. The number of carbonyl (C=O) groups is 2. The van der Waals surface area contributed by atoms with Crippen molar-refractivity contribution in [1.29, 1.82) is 0 Å². The normalized spacial score (nSPS) is 23.3. The van der Waals surface area contributed by atoms with Crippen molar-refractivity contribution in [2.45, 2.75) is 44.1 Å². The summed E-state index contributed by atoms with van der Waals surface area (Å²) in [5.41, 5.74) is 3.10. The molecule has 2 aliphatic carbocycles. The van der Waals surface area contributed by atoms with Gasteiger partial charge >= 0.3 is 0 Å². The third-order valence-electron chi connectivity index (χ3n) is 5.44. The zero-order valence-corrected chi connectivity index (χ0v) is 18.3. The third-order valence-corrected chi connectivity index (χ3v) is 6.13. The first-order valence-electron chi connectivity index (χ1n) is 9.76. The van der Waals surface area contributed by atoms with Crippen LogP contribution in [-0.4, -0.2) is 44.5 Å². The van der Waals surface area contributed by atoms with Gasteiger partial charge in [-0.3, -0.25) is 9.59 Å². The van der Waals surface area contributed by atoms with E-state index in [1.165, 1.54) is 13.0 Å². The highest BCUT2D eigenvalue weighted by atomic mass is 35.5. The van der Waals surface area contributed by atoms with Crippen LogP contribution in [0.15, 0.2) is 42.5 Å². The molecule has 2 aliphatic rings. The van der Waals surface area contributed by atoms with Crippen LogP contribution in [0, 0.1) is 5.82 Å². The molecule has 0 aliphatic heterocycles. The molecule has 0 saturated carbocycles. The second-order valence-electron chi connectivity index (χ2n) is 7.50. The first-order chi connectivity index (χ1) is 14.7. The first-order valence-corrected chi connectivity index (χ1v) is 10.6. The molecule has 2 aromatic rings. The molecule has 0 unspecified atom stereocenters. The summed E-state index contributed by atoms with van der Waals surface area (Å²) in [7, 11) is 0. The summed E-state index contributed by atoms with van der Waals surface area (Å²) in [5, 5.41) is 22.2. The van der Waals surface area contributed by atoms with Crippen molar-refractivity contribution in [2.24, 2.45) is 0 Å². The number of hydrogen-bond donors (Lipinski definition) is 3. The van der Waals surface area contributed by atoms with Crippen molar-refractivity contribution in [3.63, 3.8) is 0 Å². The van der Waals surface area contributed by atoms with Gasteiger partial charge in [-0.25, -0.2) is 8.81 Å². The van der Waals surface area contributed by atoms with Crippen LogP contribution in [0.2, 0.25) is 0 Å². The number of rotatable bonds is 3. The second-order valence-corrected chi connectivity index (χ2v) is 8.13. The average molecular weight is 469 g/mol. The first kappa shape index (κ1) is 23.5. The molecule has 0 spiro atoms. The lowest BCUT2D eigenvalue weighted by atomic mass is 10.1. The van der Waals surface area contributed by atoms with Gasteiger partial charge in [-0.15, -0.1) is 11.6 Å². The summed E-state index contributed by atoms with van der Waals surface area (Å²) in [5.74, 6) is -1.15. The van der Waals surface area contributed by atoms with Crippen LogP contribution >= 0.6 is 23.4 Å². The summed E-state index contributed by atoms with van der Waals surface area (Å²) >= 11 is 11.2. The van der Waals surface area contributed by atoms with Gasteiger partial charge in [0.2, 0.25) is 11.8 Å². The SMILES string of the molecule is CC(=O)N(Cl)[C@H]1c2ccccc2C[C@H]1O.O=C(CCl)N[C@H]1c2cccc(F)c2C[C@H]1O. The zero-order chi connectivity index (χ0) is 22.7. The number of nitrogens with zero attached hydrogens (tertiary/aromatic N) is 1.